The van der Waals surface area contributed by atoms with Gasteiger partial charge in [-0.2, -0.15) is 0 Å². The monoisotopic (exact) mass is 286 g/mol. The molecule has 1 heterocycles. The summed E-state index contributed by atoms with van der Waals surface area (Å²) >= 11 is 6.12. The van der Waals surface area contributed by atoms with E-state index in [2.05, 4.69) is 0 Å². The summed E-state index contributed by atoms with van der Waals surface area (Å²) in [7, 11) is 0. The Morgan fingerprint density at radius 1 is 1.15 bits per heavy atom. The summed E-state index contributed by atoms with van der Waals surface area (Å²) in [6, 6.07) is 14.9. The van der Waals surface area contributed by atoms with Gasteiger partial charge in [0, 0.05) is 18.3 Å². The van der Waals surface area contributed by atoms with Gasteiger partial charge in [-0.25, -0.2) is 0 Å². The van der Waals surface area contributed by atoms with Crippen molar-refractivity contribution in [2.45, 2.75) is 12.5 Å². The number of hydrogen-bond donors (Lipinski definition) is 1. The average Bonchev–Trinajstić information content (AvgIpc) is 2.46. The molecule has 2 aromatic carbocycles. The van der Waals surface area contributed by atoms with Crippen LogP contribution in [-0.4, -0.2) is 18.5 Å². The Morgan fingerprint density at radius 2 is 1.85 bits per heavy atom. The van der Waals surface area contributed by atoms with Crippen molar-refractivity contribution < 1.29 is 4.79 Å². The first-order valence-corrected chi connectivity index (χ1v) is 6.94. The number of nitrogens with zero attached hydrogens (tertiary/aromatic N) is 1. The van der Waals surface area contributed by atoms with Gasteiger partial charge in [0.2, 0.25) is 0 Å². The molecule has 1 aliphatic heterocycles. The fourth-order valence-corrected chi connectivity index (χ4v) is 2.82. The van der Waals surface area contributed by atoms with E-state index in [1.807, 2.05) is 36.4 Å². The summed E-state index contributed by atoms with van der Waals surface area (Å²) in [5, 5.41) is 0.467. The lowest BCUT2D eigenvalue weighted by Gasteiger charge is -2.33. The number of nitrogens with two attached hydrogens (primary N) is 1. The predicted octanol–water partition coefficient (Wildman–Crippen LogP) is 2.87. The van der Waals surface area contributed by atoms with Crippen LogP contribution in [0.3, 0.4) is 0 Å². The highest BCUT2D eigenvalue weighted by Crippen LogP contribution is 2.29. The minimum atomic E-state index is -0.0989. The molecule has 0 aliphatic carbocycles. The largest absolute Gasteiger partial charge is 0.326 e. The highest BCUT2D eigenvalue weighted by molar-refractivity contribution is 6.34. The van der Waals surface area contributed by atoms with Gasteiger partial charge >= 0.3 is 0 Å². The van der Waals surface area contributed by atoms with Crippen LogP contribution in [0.4, 0.5) is 5.69 Å². The molecule has 0 bridgehead atoms. The number of rotatable bonds is 1. The molecule has 0 fully saturated rings. The fourth-order valence-electron chi connectivity index (χ4n) is 2.60. The number of carbonyl (C=O) groups is 1. The Balaban J connectivity index is 2.02. The zero-order chi connectivity index (χ0) is 14.1. The fraction of sp³-hybridized carbons (Fsp3) is 0.188. The number of anilines is 1. The molecule has 0 saturated carbocycles. The lowest BCUT2D eigenvalue weighted by Crippen LogP contribution is -2.46. The van der Waals surface area contributed by atoms with Crippen molar-refractivity contribution in [1.29, 1.82) is 0 Å². The summed E-state index contributed by atoms with van der Waals surface area (Å²) in [5.74, 6) is -0.0989. The van der Waals surface area contributed by atoms with E-state index in [1.54, 1.807) is 17.0 Å². The summed E-state index contributed by atoms with van der Waals surface area (Å²) in [6.07, 6.45) is 0.794. The van der Waals surface area contributed by atoms with Gasteiger partial charge in [0.05, 0.1) is 10.6 Å². The van der Waals surface area contributed by atoms with Crippen molar-refractivity contribution in [3.63, 3.8) is 0 Å². The van der Waals surface area contributed by atoms with Crippen molar-refractivity contribution >= 4 is 23.2 Å². The van der Waals surface area contributed by atoms with E-state index in [0.717, 1.165) is 17.7 Å². The van der Waals surface area contributed by atoms with E-state index in [-0.39, 0.29) is 11.9 Å². The number of amides is 1. The first-order valence-electron chi connectivity index (χ1n) is 6.56. The van der Waals surface area contributed by atoms with E-state index in [9.17, 15) is 4.79 Å². The predicted molar refractivity (Wildman–Crippen MR) is 81.2 cm³/mol. The third-order valence-electron chi connectivity index (χ3n) is 3.53. The first kappa shape index (κ1) is 13.2. The maximum absolute atomic E-state index is 12.7. The van der Waals surface area contributed by atoms with Crippen LogP contribution in [0.5, 0.6) is 0 Å². The zero-order valence-electron chi connectivity index (χ0n) is 10.9. The van der Waals surface area contributed by atoms with Crippen LogP contribution in [0.2, 0.25) is 5.02 Å². The summed E-state index contributed by atoms with van der Waals surface area (Å²) in [6.45, 7) is 0.515. The number of para-hydroxylation sites is 1. The smallest absolute Gasteiger partial charge is 0.259 e. The molecule has 1 aliphatic rings. The third-order valence-corrected chi connectivity index (χ3v) is 3.86. The summed E-state index contributed by atoms with van der Waals surface area (Å²) in [5.41, 5.74) is 8.61. The molecule has 1 atom stereocenters. The number of halogens is 1. The molecule has 1 amide bonds. The highest BCUT2D eigenvalue weighted by Gasteiger charge is 2.27. The average molecular weight is 287 g/mol. The molecule has 0 aromatic heterocycles. The molecule has 20 heavy (non-hydrogen) atoms. The molecule has 0 spiro atoms. The molecule has 4 heteroatoms. The van der Waals surface area contributed by atoms with Gasteiger partial charge in [-0.1, -0.05) is 41.9 Å². The Morgan fingerprint density at radius 3 is 2.65 bits per heavy atom. The van der Waals surface area contributed by atoms with Gasteiger partial charge in [-0.15, -0.1) is 0 Å². The van der Waals surface area contributed by atoms with Crippen LogP contribution in [0.15, 0.2) is 48.5 Å². The van der Waals surface area contributed by atoms with Crippen molar-refractivity contribution in [3.8, 4) is 0 Å². The SMILES string of the molecule is NC1Cc2ccccc2N(C(=O)c2ccccc2Cl)C1. The number of fused-ring (bicyclic) bond motifs is 1. The second-order valence-corrected chi connectivity index (χ2v) is 5.40. The van der Waals surface area contributed by atoms with Crippen molar-refractivity contribution in [2.75, 3.05) is 11.4 Å². The first-order chi connectivity index (χ1) is 9.66. The Bertz CT molecular complexity index is 656. The van der Waals surface area contributed by atoms with Crippen LogP contribution in [0.1, 0.15) is 15.9 Å². The lowest BCUT2D eigenvalue weighted by molar-refractivity contribution is 0.0983. The number of hydrogen-bond acceptors (Lipinski definition) is 2. The summed E-state index contributed by atoms with van der Waals surface area (Å²) < 4.78 is 0. The Labute approximate surface area is 123 Å². The van der Waals surface area contributed by atoms with Crippen molar-refractivity contribution in [3.05, 3.63) is 64.7 Å². The van der Waals surface area contributed by atoms with Crippen LogP contribution < -0.4 is 10.6 Å². The van der Waals surface area contributed by atoms with E-state index in [0.29, 0.717) is 17.1 Å². The molecule has 0 radical (unpaired) electrons. The van der Waals surface area contributed by atoms with Crippen LogP contribution in [0, 0.1) is 0 Å². The molecule has 2 aromatic rings. The van der Waals surface area contributed by atoms with Crippen molar-refractivity contribution in [2.24, 2.45) is 5.73 Å². The lowest BCUT2D eigenvalue weighted by atomic mass is 9.97. The Hall–Kier alpha value is -1.84. The molecule has 3 rings (SSSR count). The molecule has 3 nitrogen and oxygen atoms in total. The van der Waals surface area contributed by atoms with Crippen LogP contribution in [-0.2, 0) is 6.42 Å². The van der Waals surface area contributed by atoms with E-state index in [1.165, 1.54) is 0 Å². The maximum atomic E-state index is 12.7. The standard InChI is InChI=1S/C16H15ClN2O/c17-14-7-3-2-6-13(14)16(20)19-10-12(18)9-11-5-1-4-8-15(11)19/h1-8,12H,9-10,18H2. The van der Waals surface area contributed by atoms with E-state index >= 15 is 0 Å². The Kier molecular flexibility index (Phi) is 3.47. The second kappa shape index (κ2) is 5.27. The number of benzene rings is 2. The van der Waals surface area contributed by atoms with Gasteiger partial charge in [-0.3, -0.25) is 4.79 Å². The van der Waals surface area contributed by atoms with E-state index in [4.69, 9.17) is 17.3 Å². The maximum Gasteiger partial charge on any atom is 0.259 e. The van der Waals surface area contributed by atoms with Crippen molar-refractivity contribution in [1.82, 2.24) is 0 Å². The minimum Gasteiger partial charge on any atom is -0.326 e. The van der Waals surface area contributed by atoms with Gasteiger partial charge in [0.15, 0.2) is 0 Å². The normalized spacial score (nSPS) is 17.7. The molecular weight excluding hydrogens is 272 g/mol. The molecule has 102 valence electrons. The van der Waals surface area contributed by atoms with Gasteiger partial charge in [0.25, 0.3) is 5.91 Å². The van der Waals surface area contributed by atoms with Crippen LogP contribution >= 0.6 is 11.6 Å². The van der Waals surface area contributed by atoms with E-state index < -0.39 is 0 Å². The molecule has 2 N–H and O–H groups in total. The number of carbonyl (C=O) groups excluding carboxylic acids is 1. The quantitative estimate of drug-likeness (QED) is 0.876. The van der Waals surface area contributed by atoms with Gasteiger partial charge in [-0.05, 0) is 30.2 Å². The summed E-state index contributed by atoms with van der Waals surface area (Å²) in [4.78, 5) is 14.4. The topological polar surface area (TPSA) is 46.3 Å². The second-order valence-electron chi connectivity index (χ2n) is 4.99. The van der Waals surface area contributed by atoms with Gasteiger partial charge in [0.1, 0.15) is 0 Å². The third kappa shape index (κ3) is 2.30. The molecule has 0 saturated heterocycles. The van der Waals surface area contributed by atoms with Crippen LogP contribution in [0.25, 0.3) is 0 Å². The highest BCUT2D eigenvalue weighted by atomic mass is 35.5. The van der Waals surface area contributed by atoms with Gasteiger partial charge < -0.3 is 10.6 Å². The minimum absolute atomic E-state index is 0.0451. The molecular formula is C16H15ClN2O. The zero-order valence-corrected chi connectivity index (χ0v) is 11.7. The molecule has 1 unspecified atom stereocenters.